The molecule has 0 fully saturated rings. The van der Waals surface area contributed by atoms with E-state index in [9.17, 15) is 10.2 Å². The molecule has 1 aromatic rings. The number of phenols is 1. The molecule has 4 N–H and O–H groups in total. The van der Waals surface area contributed by atoms with E-state index in [0.29, 0.717) is 10.0 Å². The summed E-state index contributed by atoms with van der Waals surface area (Å²) in [6, 6.07) is 2.78. The van der Waals surface area contributed by atoms with Gasteiger partial charge in [0.15, 0.2) is 0 Å². The molecular formula is C9H11BrClNO2. The van der Waals surface area contributed by atoms with E-state index in [2.05, 4.69) is 15.9 Å². The number of halogens is 2. The Labute approximate surface area is 95.6 Å². The van der Waals surface area contributed by atoms with E-state index in [4.69, 9.17) is 17.3 Å². The predicted molar refractivity (Wildman–Crippen MR) is 59.4 cm³/mol. The molecule has 78 valence electrons. The molecule has 0 aliphatic carbocycles. The molecule has 0 saturated heterocycles. The van der Waals surface area contributed by atoms with Crippen LogP contribution < -0.4 is 5.73 Å². The molecule has 1 aromatic carbocycles. The van der Waals surface area contributed by atoms with Crippen molar-refractivity contribution >= 4 is 27.5 Å². The van der Waals surface area contributed by atoms with Crippen LogP contribution in [0.15, 0.2) is 16.6 Å². The largest absolute Gasteiger partial charge is 0.506 e. The molecule has 0 bridgehead atoms. The van der Waals surface area contributed by atoms with Crippen LogP contribution >= 0.6 is 27.5 Å². The van der Waals surface area contributed by atoms with Crippen molar-refractivity contribution < 1.29 is 10.2 Å². The minimum Gasteiger partial charge on any atom is -0.506 e. The Balaban J connectivity index is 3.17. The summed E-state index contributed by atoms with van der Waals surface area (Å²) in [5, 5.41) is 19.4. The van der Waals surface area contributed by atoms with Crippen molar-refractivity contribution in [3.8, 4) is 5.75 Å². The summed E-state index contributed by atoms with van der Waals surface area (Å²) >= 11 is 8.94. The second-order valence-electron chi connectivity index (χ2n) is 3.10. The first-order chi connectivity index (χ1) is 6.45. The third-order valence-corrected chi connectivity index (χ3v) is 3.19. The van der Waals surface area contributed by atoms with Gasteiger partial charge < -0.3 is 15.9 Å². The van der Waals surface area contributed by atoms with Gasteiger partial charge in [0.2, 0.25) is 0 Å². The Hall–Kier alpha value is -0.290. The standard InChI is InChI=1S/C9H11BrClNO2/c1-4(12)8(13)5-2-3-6(10)7(11)9(5)14/h2-4,8,13-14H,12H2,1H3. The van der Waals surface area contributed by atoms with Gasteiger partial charge in [-0.3, -0.25) is 0 Å². The number of aliphatic hydroxyl groups is 1. The van der Waals surface area contributed by atoms with Gasteiger partial charge in [0, 0.05) is 16.1 Å². The number of nitrogens with two attached hydrogens (primary N) is 1. The zero-order valence-corrected chi connectivity index (χ0v) is 9.88. The molecular weight excluding hydrogens is 269 g/mol. The van der Waals surface area contributed by atoms with Gasteiger partial charge in [-0.2, -0.15) is 0 Å². The summed E-state index contributed by atoms with van der Waals surface area (Å²) < 4.78 is 0.581. The normalized spacial score (nSPS) is 15.2. The molecule has 0 aliphatic rings. The van der Waals surface area contributed by atoms with Gasteiger partial charge in [0.25, 0.3) is 0 Å². The van der Waals surface area contributed by atoms with Crippen LogP contribution in [0.5, 0.6) is 5.75 Å². The van der Waals surface area contributed by atoms with Gasteiger partial charge in [-0.05, 0) is 28.9 Å². The summed E-state index contributed by atoms with van der Waals surface area (Å²) in [5.74, 6) is -0.133. The molecule has 14 heavy (non-hydrogen) atoms. The van der Waals surface area contributed by atoms with Crippen molar-refractivity contribution in [3.05, 3.63) is 27.2 Å². The van der Waals surface area contributed by atoms with E-state index in [0.717, 1.165) is 0 Å². The maximum absolute atomic E-state index is 9.63. The lowest BCUT2D eigenvalue weighted by atomic mass is 10.0. The first-order valence-corrected chi connectivity index (χ1v) is 5.22. The number of rotatable bonds is 2. The molecule has 0 amide bonds. The Morgan fingerprint density at radius 2 is 2.07 bits per heavy atom. The summed E-state index contributed by atoms with van der Waals surface area (Å²) in [6.45, 7) is 1.65. The van der Waals surface area contributed by atoms with Crippen molar-refractivity contribution in [2.45, 2.75) is 19.1 Å². The van der Waals surface area contributed by atoms with Gasteiger partial charge >= 0.3 is 0 Å². The highest BCUT2D eigenvalue weighted by molar-refractivity contribution is 9.10. The monoisotopic (exact) mass is 279 g/mol. The molecule has 0 aliphatic heterocycles. The third-order valence-electron chi connectivity index (χ3n) is 1.92. The van der Waals surface area contributed by atoms with Crippen molar-refractivity contribution in [1.82, 2.24) is 0 Å². The number of aliphatic hydroxyl groups excluding tert-OH is 1. The number of benzene rings is 1. The Morgan fingerprint density at radius 3 is 2.57 bits per heavy atom. The van der Waals surface area contributed by atoms with E-state index in [1.165, 1.54) is 0 Å². The maximum atomic E-state index is 9.63. The molecule has 0 spiro atoms. The van der Waals surface area contributed by atoms with Crippen molar-refractivity contribution in [3.63, 3.8) is 0 Å². The minimum absolute atomic E-state index is 0.133. The number of hydrogen-bond acceptors (Lipinski definition) is 3. The zero-order chi connectivity index (χ0) is 10.9. The second-order valence-corrected chi connectivity index (χ2v) is 4.34. The van der Waals surface area contributed by atoms with E-state index < -0.39 is 12.1 Å². The lowest BCUT2D eigenvalue weighted by molar-refractivity contribution is 0.150. The maximum Gasteiger partial charge on any atom is 0.141 e. The van der Waals surface area contributed by atoms with Gasteiger partial charge in [0.1, 0.15) is 5.75 Å². The molecule has 3 nitrogen and oxygen atoms in total. The van der Waals surface area contributed by atoms with E-state index >= 15 is 0 Å². The number of phenolic OH excluding ortho intramolecular Hbond substituents is 1. The topological polar surface area (TPSA) is 66.5 Å². The third kappa shape index (κ3) is 2.20. The van der Waals surface area contributed by atoms with Gasteiger partial charge in [0.05, 0.1) is 11.1 Å². The lowest BCUT2D eigenvalue weighted by Gasteiger charge is -2.17. The molecule has 0 saturated carbocycles. The van der Waals surface area contributed by atoms with Gasteiger partial charge in [-0.25, -0.2) is 0 Å². The van der Waals surface area contributed by atoms with Crippen LogP contribution in [-0.4, -0.2) is 16.3 Å². The fourth-order valence-corrected chi connectivity index (χ4v) is 1.57. The summed E-state index contributed by atoms with van der Waals surface area (Å²) in [7, 11) is 0. The van der Waals surface area contributed by atoms with Crippen LogP contribution in [0.4, 0.5) is 0 Å². The lowest BCUT2D eigenvalue weighted by Crippen LogP contribution is -2.24. The molecule has 0 heterocycles. The highest BCUT2D eigenvalue weighted by atomic mass is 79.9. The van der Waals surface area contributed by atoms with Crippen LogP contribution in [-0.2, 0) is 0 Å². The van der Waals surface area contributed by atoms with Crippen molar-refractivity contribution in [2.24, 2.45) is 5.73 Å². The minimum atomic E-state index is -0.916. The molecule has 0 aromatic heterocycles. The van der Waals surface area contributed by atoms with Gasteiger partial charge in [-0.1, -0.05) is 17.7 Å². The Morgan fingerprint density at radius 1 is 1.50 bits per heavy atom. The summed E-state index contributed by atoms with van der Waals surface area (Å²) in [5.41, 5.74) is 5.85. The van der Waals surface area contributed by atoms with Crippen LogP contribution in [0.25, 0.3) is 0 Å². The molecule has 0 radical (unpaired) electrons. The first kappa shape index (κ1) is 11.8. The van der Waals surface area contributed by atoms with E-state index in [1.807, 2.05) is 0 Å². The molecule has 1 rings (SSSR count). The van der Waals surface area contributed by atoms with Crippen LogP contribution in [0.1, 0.15) is 18.6 Å². The molecule has 2 atom stereocenters. The average Bonchev–Trinajstić information content (AvgIpc) is 2.13. The second kappa shape index (κ2) is 4.49. The number of aromatic hydroxyl groups is 1. The van der Waals surface area contributed by atoms with Crippen molar-refractivity contribution in [1.29, 1.82) is 0 Å². The first-order valence-electron chi connectivity index (χ1n) is 4.05. The molecule has 2 unspecified atom stereocenters. The average molecular weight is 281 g/mol. The molecule has 5 heteroatoms. The summed E-state index contributed by atoms with van der Waals surface area (Å²) in [4.78, 5) is 0. The summed E-state index contributed by atoms with van der Waals surface area (Å²) in [6.07, 6.45) is -0.916. The zero-order valence-electron chi connectivity index (χ0n) is 7.54. The SMILES string of the molecule is CC(N)C(O)c1ccc(Br)c(Cl)c1O. The fourth-order valence-electron chi connectivity index (χ4n) is 1.08. The highest BCUT2D eigenvalue weighted by Crippen LogP contribution is 2.37. The Kier molecular flexibility index (Phi) is 3.78. The highest BCUT2D eigenvalue weighted by Gasteiger charge is 2.19. The van der Waals surface area contributed by atoms with Gasteiger partial charge in [-0.15, -0.1) is 0 Å². The predicted octanol–water partition coefficient (Wildman–Crippen LogP) is 2.19. The van der Waals surface area contributed by atoms with Crippen LogP contribution in [0, 0.1) is 0 Å². The van der Waals surface area contributed by atoms with Crippen molar-refractivity contribution in [2.75, 3.05) is 0 Å². The van der Waals surface area contributed by atoms with E-state index in [1.54, 1.807) is 19.1 Å². The van der Waals surface area contributed by atoms with E-state index in [-0.39, 0.29) is 10.8 Å². The number of hydrogen-bond donors (Lipinski definition) is 3. The smallest absolute Gasteiger partial charge is 0.141 e. The van der Waals surface area contributed by atoms with Crippen LogP contribution in [0.3, 0.4) is 0 Å². The fraction of sp³-hybridized carbons (Fsp3) is 0.333. The Bertz CT molecular complexity index is 344. The quantitative estimate of drug-likeness (QED) is 0.778. The van der Waals surface area contributed by atoms with Crippen LogP contribution in [0.2, 0.25) is 5.02 Å².